The smallest absolute Gasteiger partial charge is 0.210 e. The molecule has 0 spiro atoms. The van der Waals surface area contributed by atoms with Crippen molar-refractivity contribution in [1.29, 1.82) is 0 Å². The van der Waals surface area contributed by atoms with Crippen LogP contribution in [0.4, 0.5) is 4.39 Å². The van der Waals surface area contributed by atoms with Crippen LogP contribution in [0.15, 0.2) is 46.2 Å². The summed E-state index contributed by atoms with van der Waals surface area (Å²) in [6, 6.07) is 7.90. The van der Waals surface area contributed by atoms with Gasteiger partial charge < -0.3 is 10.8 Å². The largest absolute Gasteiger partial charge is 0.506 e. The van der Waals surface area contributed by atoms with Gasteiger partial charge in [0.2, 0.25) is 9.84 Å². The first-order chi connectivity index (χ1) is 10.9. The number of phenolic OH excluding ortho intramolecular Hbond substituents is 1. The number of hydrogen-bond donors (Lipinski definition) is 2. The quantitative estimate of drug-likeness (QED) is 0.904. The van der Waals surface area contributed by atoms with Crippen LogP contribution in [0.5, 0.6) is 5.75 Å². The van der Waals surface area contributed by atoms with Gasteiger partial charge in [0.25, 0.3) is 0 Å². The molecular weight excluding hydrogens is 317 g/mol. The number of halogens is 1. The molecule has 1 aliphatic carbocycles. The van der Waals surface area contributed by atoms with Crippen LogP contribution in [0.2, 0.25) is 0 Å². The van der Waals surface area contributed by atoms with Crippen molar-refractivity contribution in [2.24, 2.45) is 5.73 Å². The lowest BCUT2D eigenvalue weighted by molar-refractivity contribution is 0.439. The van der Waals surface area contributed by atoms with Crippen LogP contribution in [-0.4, -0.2) is 20.1 Å². The van der Waals surface area contributed by atoms with Gasteiger partial charge in [-0.25, -0.2) is 12.8 Å². The maximum Gasteiger partial charge on any atom is 0.210 e. The predicted molar refractivity (Wildman–Crippen MR) is 84.7 cm³/mol. The van der Waals surface area contributed by atoms with Gasteiger partial charge in [-0.15, -0.1) is 0 Å². The van der Waals surface area contributed by atoms with Crippen LogP contribution in [0.1, 0.15) is 29.9 Å². The number of nitrogens with two attached hydrogens (primary N) is 1. The van der Waals surface area contributed by atoms with E-state index in [1.165, 1.54) is 24.3 Å². The Balaban J connectivity index is 2.14. The fourth-order valence-corrected chi connectivity index (χ4v) is 4.58. The van der Waals surface area contributed by atoms with E-state index in [2.05, 4.69) is 0 Å². The highest BCUT2D eigenvalue weighted by molar-refractivity contribution is 7.91. The Morgan fingerprint density at radius 2 is 2.04 bits per heavy atom. The van der Waals surface area contributed by atoms with Crippen LogP contribution < -0.4 is 5.73 Å². The Morgan fingerprint density at radius 3 is 2.74 bits per heavy atom. The number of rotatable bonds is 3. The molecule has 0 bridgehead atoms. The van der Waals surface area contributed by atoms with Crippen molar-refractivity contribution in [3.63, 3.8) is 0 Å². The number of aromatic hydroxyl groups is 1. The van der Waals surface area contributed by atoms with Gasteiger partial charge in [-0.2, -0.15) is 0 Å². The fraction of sp³-hybridized carbons (Fsp3) is 0.294. The second kappa shape index (κ2) is 5.94. The molecule has 1 aliphatic rings. The summed E-state index contributed by atoms with van der Waals surface area (Å²) in [5, 5.41) is 10.5. The molecule has 0 saturated heterocycles. The van der Waals surface area contributed by atoms with Crippen molar-refractivity contribution in [2.45, 2.75) is 35.0 Å². The normalized spacial score (nSPS) is 17.7. The summed E-state index contributed by atoms with van der Waals surface area (Å²) >= 11 is 0. The summed E-state index contributed by atoms with van der Waals surface area (Å²) in [6.45, 7) is 0.461. The van der Waals surface area contributed by atoms with Crippen molar-refractivity contribution < 1.29 is 17.9 Å². The van der Waals surface area contributed by atoms with Crippen LogP contribution in [0, 0.1) is 5.82 Å². The third-order valence-electron chi connectivity index (χ3n) is 4.38. The first-order valence-electron chi connectivity index (χ1n) is 7.50. The maximum absolute atomic E-state index is 13.3. The van der Waals surface area contributed by atoms with E-state index in [-0.39, 0.29) is 21.5 Å². The summed E-state index contributed by atoms with van der Waals surface area (Å²) in [5.74, 6) is -0.729. The highest BCUT2D eigenvalue weighted by atomic mass is 32.2. The van der Waals surface area contributed by atoms with Gasteiger partial charge in [-0.05, 0) is 67.1 Å². The minimum atomic E-state index is -3.97. The van der Waals surface area contributed by atoms with Crippen LogP contribution in [-0.2, 0) is 16.3 Å². The third-order valence-corrected chi connectivity index (χ3v) is 6.16. The lowest BCUT2D eigenvalue weighted by Crippen LogP contribution is -2.19. The van der Waals surface area contributed by atoms with Crippen LogP contribution in [0.25, 0.3) is 0 Å². The van der Waals surface area contributed by atoms with E-state index in [0.717, 1.165) is 24.5 Å². The number of fused-ring (bicyclic) bond motifs is 1. The molecule has 3 rings (SSSR count). The van der Waals surface area contributed by atoms with E-state index in [0.29, 0.717) is 18.5 Å². The van der Waals surface area contributed by atoms with Crippen molar-refractivity contribution >= 4 is 9.84 Å². The van der Waals surface area contributed by atoms with E-state index in [1.54, 1.807) is 6.07 Å². The molecule has 3 N–H and O–H groups in total. The minimum absolute atomic E-state index is 0.135. The zero-order valence-corrected chi connectivity index (χ0v) is 13.3. The molecule has 6 heteroatoms. The summed E-state index contributed by atoms with van der Waals surface area (Å²) in [5.41, 5.74) is 7.31. The van der Waals surface area contributed by atoms with Crippen molar-refractivity contribution in [3.8, 4) is 5.75 Å². The third kappa shape index (κ3) is 2.72. The second-order valence-electron chi connectivity index (χ2n) is 5.77. The summed E-state index contributed by atoms with van der Waals surface area (Å²) in [7, 11) is -3.97. The van der Waals surface area contributed by atoms with Crippen molar-refractivity contribution in [1.82, 2.24) is 0 Å². The topological polar surface area (TPSA) is 80.4 Å². The fourth-order valence-electron chi connectivity index (χ4n) is 3.18. The highest BCUT2D eigenvalue weighted by Crippen LogP contribution is 2.40. The van der Waals surface area contributed by atoms with Gasteiger partial charge in [-0.1, -0.05) is 12.1 Å². The molecule has 0 aromatic heterocycles. The average Bonchev–Trinajstić information content (AvgIpc) is 2.54. The summed E-state index contributed by atoms with van der Waals surface area (Å²) in [6.07, 6.45) is 2.40. The molecule has 1 atom stereocenters. The van der Waals surface area contributed by atoms with E-state index < -0.39 is 15.7 Å². The molecule has 0 fully saturated rings. The van der Waals surface area contributed by atoms with E-state index >= 15 is 0 Å². The molecule has 0 amide bonds. The molecule has 2 aromatic rings. The van der Waals surface area contributed by atoms with Gasteiger partial charge >= 0.3 is 0 Å². The van der Waals surface area contributed by atoms with Crippen LogP contribution in [0.3, 0.4) is 0 Å². The molecule has 0 aliphatic heterocycles. The predicted octanol–water partition coefficient (Wildman–Crippen LogP) is 2.74. The zero-order valence-electron chi connectivity index (χ0n) is 12.5. The lowest BCUT2D eigenvalue weighted by atomic mass is 9.82. The number of sulfone groups is 1. The van der Waals surface area contributed by atoms with Gasteiger partial charge in [0.05, 0.1) is 4.90 Å². The Bertz CT molecular complexity index is 849. The Labute approximate surface area is 134 Å². The molecule has 0 radical (unpaired) electrons. The Morgan fingerprint density at radius 1 is 1.26 bits per heavy atom. The second-order valence-corrected chi connectivity index (χ2v) is 7.68. The molecule has 122 valence electrons. The minimum Gasteiger partial charge on any atom is -0.506 e. The van der Waals surface area contributed by atoms with Crippen molar-refractivity contribution in [3.05, 3.63) is 53.3 Å². The molecule has 0 saturated carbocycles. The Kier molecular flexibility index (Phi) is 4.12. The first kappa shape index (κ1) is 16.0. The first-order valence-corrected chi connectivity index (χ1v) is 8.99. The van der Waals surface area contributed by atoms with E-state index in [4.69, 9.17) is 5.73 Å². The Hall–Kier alpha value is -1.92. The zero-order chi connectivity index (χ0) is 16.6. The SMILES string of the molecule is NC[C@@H]1CCCc2c1ccc(S(=O)(=O)c1cccc(F)c1)c2O. The molecule has 0 heterocycles. The van der Waals surface area contributed by atoms with Gasteiger partial charge in [0.15, 0.2) is 0 Å². The van der Waals surface area contributed by atoms with Gasteiger partial charge in [0, 0.05) is 0 Å². The van der Waals surface area contributed by atoms with E-state index in [9.17, 15) is 17.9 Å². The molecule has 0 unspecified atom stereocenters. The lowest BCUT2D eigenvalue weighted by Gasteiger charge is -2.26. The van der Waals surface area contributed by atoms with Gasteiger partial charge in [0.1, 0.15) is 16.5 Å². The molecule has 2 aromatic carbocycles. The summed E-state index contributed by atoms with van der Waals surface area (Å²) in [4.78, 5) is -0.349. The van der Waals surface area contributed by atoms with Gasteiger partial charge in [-0.3, -0.25) is 0 Å². The number of benzene rings is 2. The summed E-state index contributed by atoms with van der Waals surface area (Å²) < 4.78 is 38.7. The highest BCUT2D eigenvalue weighted by Gasteiger charge is 2.28. The standard InChI is InChI=1S/C17H18FNO3S/c18-12-4-2-5-13(9-12)23(21,22)16-8-7-14-11(10-19)3-1-6-15(14)17(16)20/h2,4-5,7-9,11,20H,1,3,6,10,19H2/t11-/m0/s1. The van der Waals surface area contributed by atoms with E-state index in [1.807, 2.05) is 0 Å². The molecular formula is C17H18FNO3S. The number of phenols is 1. The maximum atomic E-state index is 13.3. The monoisotopic (exact) mass is 335 g/mol. The van der Waals surface area contributed by atoms with Crippen molar-refractivity contribution in [2.75, 3.05) is 6.54 Å². The number of hydrogen-bond acceptors (Lipinski definition) is 4. The average molecular weight is 335 g/mol. The molecule has 4 nitrogen and oxygen atoms in total. The van der Waals surface area contributed by atoms with Crippen LogP contribution >= 0.6 is 0 Å². The molecule has 23 heavy (non-hydrogen) atoms.